The number of carboxylic acids is 1. The lowest BCUT2D eigenvalue weighted by Crippen LogP contribution is -2.39. The van der Waals surface area contributed by atoms with E-state index in [-0.39, 0.29) is 30.8 Å². The molecule has 0 bridgehead atoms. The molecule has 0 unspecified atom stereocenters. The highest BCUT2D eigenvalue weighted by atomic mass is 16.4. The molecule has 0 aromatic carbocycles. The van der Waals surface area contributed by atoms with Crippen molar-refractivity contribution in [3.63, 3.8) is 0 Å². The third kappa shape index (κ3) is 1.90. The van der Waals surface area contributed by atoms with Crippen molar-refractivity contribution in [2.24, 2.45) is 5.73 Å². The summed E-state index contributed by atoms with van der Waals surface area (Å²) in [5.74, 6) is -1.15. The van der Waals surface area contributed by atoms with Gasteiger partial charge < -0.3 is 20.8 Å². The van der Waals surface area contributed by atoms with Crippen LogP contribution in [-0.2, 0) is 4.79 Å². The molecule has 6 nitrogen and oxygen atoms in total. The molecule has 0 saturated carbocycles. The molecule has 0 radical (unpaired) electrons. The van der Waals surface area contributed by atoms with Crippen LogP contribution < -0.4 is 5.73 Å². The first-order valence-electron chi connectivity index (χ1n) is 3.71. The molecule has 1 aliphatic rings. The van der Waals surface area contributed by atoms with E-state index < -0.39 is 12.1 Å². The van der Waals surface area contributed by atoms with E-state index in [1.165, 1.54) is 0 Å². The number of carboxylic acid groups (broad SMARTS) is 2. The van der Waals surface area contributed by atoms with Crippen molar-refractivity contribution < 1.29 is 19.8 Å². The number of carbonyl (C=O) groups is 2. The van der Waals surface area contributed by atoms with E-state index in [1.807, 2.05) is 0 Å². The number of hydrogen-bond donors (Lipinski definition) is 3. The Balaban J connectivity index is 2.82. The first-order chi connectivity index (χ1) is 6.02. The minimum Gasteiger partial charge on any atom is -0.478 e. The second kappa shape index (κ2) is 3.34. The van der Waals surface area contributed by atoms with Gasteiger partial charge in [0.25, 0.3) is 0 Å². The molecule has 1 amide bonds. The van der Waals surface area contributed by atoms with Crippen LogP contribution in [0.15, 0.2) is 11.3 Å². The maximum Gasteiger partial charge on any atom is 0.407 e. The molecule has 1 aliphatic heterocycles. The maximum atomic E-state index is 10.6. The lowest BCUT2D eigenvalue weighted by Gasteiger charge is -2.25. The van der Waals surface area contributed by atoms with Gasteiger partial charge in [0, 0.05) is 18.7 Å². The van der Waals surface area contributed by atoms with Crippen LogP contribution in [0.5, 0.6) is 0 Å². The lowest BCUT2D eigenvalue weighted by molar-refractivity contribution is -0.133. The topological polar surface area (TPSA) is 104 Å². The Morgan fingerprint density at radius 3 is 2.46 bits per heavy atom. The van der Waals surface area contributed by atoms with Gasteiger partial charge in [0.2, 0.25) is 0 Å². The molecule has 6 heteroatoms. The Hall–Kier alpha value is -1.72. The summed E-state index contributed by atoms with van der Waals surface area (Å²) in [6.45, 7) is 0.133. The third-order valence-electron chi connectivity index (χ3n) is 1.92. The lowest BCUT2D eigenvalue weighted by atomic mass is 10.1. The monoisotopic (exact) mass is 186 g/mol. The minimum absolute atomic E-state index is 0.0198. The zero-order valence-electron chi connectivity index (χ0n) is 6.86. The highest BCUT2D eigenvalue weighted by molar-refractivity contribution is 5.89. The number of amides is 1. The Morgan fingerprint density at radius 1 is 1.38 bits per heavy atom. The van der Waals surface area contributed by atoms with Gasteiger partial charge in [0.15, 0.2) is 0 Å². The van der Waals surface area contributed by atoms with Gasteiger partial charge in [-0.2, -0.15) is 0 Å². The van der Waals surface area contributed by atoms with Gasteiger partial charge in [0.05, 0.1) is 12.1 Å². The summed E-state index contributed by atoms with van der Waals surface area (Å²) in [4.78, 5) is 22.1. The minimum atomic E-state index is -1.15. The molecule has 13 heavy (non-hydrogen) atoms. The number of aliphatic carboxylic acids is 1. The Labute approximate surface area is 74.2 Å². The summed E-state index contributed by atoms with van der Waals surface area (Å²) in [7, 11) is 0. The smallest absolute Gasteiger partial charge is 0.407 e. The van der Waals surface area contributed by atoms with E-state index in [9.17, 15) is 9.59 Å². The van der Waals surface area contributed by atoms with Crippen LogP contribution in [0.3, 0.4) is 0 Å². The first-order valence-corrected chi connectivity index (χ1v) is 3.71. The quantitative estimate of drug-likeness (QED) is 0.520. The van der Waals surface area contributed by atoms with E-state index in [2.05, 4.69) is 0 Å². The van der Waals surface area contributed by atoms with E-state index in [0.717, 1.165) is 4.90 Å². The second-order valence-corrected chi connectivity index (χ2v) is 2.76. The van der Waals surface area contributed by atoms with Gasteiger partial charge >= 0.3 is 12.1 Å². The SMILES string of the molecule is NC1=C(C(=O)O)CN(C(=O)O)CC1. The molecule has 0 fully saturated rings. The fourth-order valence-corrected chi connectivity index (χ4v) is 1.15. The van der Waals surface area contributed by atoms with E-state index in [1.54, 1.807) is 0 Å². The van der Waals surface area contributed by atoms with Crippen LogP contribution >= 0.6 is 0 Å². The van der Waals surface area contributed by atoms with Gasteiger partial charge in [-0.3, -0.25) is 0 Å². The Morgan fingerprint density at radius 2 is 2.00 bits per heavy atom. The van der Waals surface area contributed by atoms with Gasteiger partial charge in [-0.1, -0.05) is 0 Å². The predicted octanol–water partition coefficient (Wildman–Crippen LogP) is -0.333. The van der Waals surface area contributed by atoms with Crippen LogP contribution in [-0.4, -0.2) is 40.3 Å². The van der Waals surface area contributed by atoms with E-state index >= 15 is 0 Å². The van der Waals surface area contributed by atoms with Gasteiger partial charge in [-0.05, 0) is 0 Å². The van der Waals surface area contributed by atoms with Crippen molar-refractivity contribution in [2.45, 2.75) is 6.42 Å². The number of rotatable bonds is 1. The summed E-state index contributed by atoms with van der Waals surface area (Å²) in [6, 6.07) is 0. The fraction of sp³-hybridized carbons (Fsp3) is 0.429. The summed E-state index contributed by atoms with van der Waals surface area (Å²) in [5.41, 5.74) is 5.67. The van der Waals surface area contributed by atoms with Gasteiger partial charge in [-0.15, -0.1) is 0 Å². The zero-order valence-corrected chi connectivity index (χ0v) is 6.86. The number of nitrogens with zero attached hydrogens (tertiary/aromatic N) is 1. The molecule has 0 saturated heterocycles. The van der Waals surface area contributed by atoms with Crippen LogP contribution in [0.4, 0.5) is 4.79 Å². The molecule has 4 N–H and O–H groups in total. The van der Waals surface area contributed by atoms with Gasteiger partial charge in [0.1, 0.15) is 0 Å². The average Bonchev–Trinajstić information content (AvgIpc) is 2.04. The average molecular weight is 186 g/mol. The molecule has 0 aliphatic carbocycles. The van der Waals surface area contributed by atoms with Crippen molar-refractivity contribution in [3.05, 3.63) is 11.3 Å². The highest BCUT2D eigenvalue weighted by Gasteiger charge is 2.24. The molecule has 72 valence electrons. The number of nitrogens with two attached hydrogens (primary N) is 1. The summed E-state index contributed by atoms with van der Waals surface area (Å²) < 4.78 is 0. The zero-order chi connectivity index (χ0) is 10.0. The highest BCUT2D eigenvalue weighted by Crippen LogP contribution is 2.13. The molecular weight excluding hydrogens is 176 g/mol. The first kappa shape index (κ1) is 9.37. The van der Waals surface area contributed by atoms with Crippen LogP contribution in [0, 0.1) is 0 Å². The molecule has 0 atom stereocenters. The molecule has 0 aromatic rings. The molecule has 0 aromatic heterocycles. The Kier molecular flexibility index (Phi) is 2.41. The van der Waals surface area contributed by atoms with Crippen LogP contribution in [0.25, 0.3) is 0 Å². The van der Waals surface area contributed by atoms with Gasteiger partial charge in [-0.25, -0.2) is 9.59 Å². The van der Waals surface area contributed by atoms with Crippen molar-refractivity contribution in [3.8, 4) is 0 Å². The van der Waals surface area contributed by atoms with Crippen LogP contribution in [0.1, 0.15) is 6.42 Å². The van der Waals surface area contributed by atoms with E-state index in [0.29, 0.717) is 0 Å². The number of hydrogen-bond acceptors (Lipinski definition) is 3. The van der Waals surface area contributed by atoms with Crippen LogP contribution in [0.2, 0.25) is 0 Å². The second-order valence-electron chi connectivity index (χ2n) is 2.76. The maximum absolute atomic E-state index is 10.6. The molecule has 0 spiro atoms. The molecule has 1 heterocycles. The summed E-state index contributed by atoms with van der Waals surface area (Å²) in [6.07, 6.45) is -0.834. The Bertz CT molecular complexity index is 284. The summed E-state index contributed by atoms with van der Waals surface area (Å²) >= 11 is 0. The standard InChI is InChI=1S/C7H10N2O4/c8-5-1-2-9(7(12)13)3-4(5)6(10)11/h1-3,8H2,(H,10,11)(H,12,13). The van der Waals surface area contributed by atoms with Crippen molar-refractivity contribution in [1.29, 1.82) is 0 Å². The summed E-state index contributed by atoms with van der Waals surface area (Å²) in [5, 5.41) is 17.2. The van der Waals surface area contributed by atoms with Crippen molar-refractivity contribution in [2.75, 3.05) is 13.1 Å². The normalized spacial score (nSPS) is 17.4. The third-order valence-corrected chi connectivity index (χ3v) is 1.92. The largest absolute Gasteiger partial charge is 0.478 e. The van der Waals surface area contributed by atoms with Crippen molar-refractivity contribution >= 4 is 12.1 Å². The molecule has 1 rings (SSSR count). The fourth-order valence-electron chi connectivity index (χ4n) is 1.15. The van der Waals surface area contributed by atoms with E-state index in [4.69, 9.17) is 15.9 Å². The predicted molar refractivity (Wildman–Crippen MR) is 43.1 cm³/mol. The van der Waals surface area contributed by atoms with Crippen molar-refractivity contribution in [1.82, 2.24) is 4.90 Å². The molecular formula is C7H10N2O4.